The Balaban J connectivity index is 1.36. The Morgan fingerprint density at radius 1 is 1.00 bits per heavy atom. The van der Waals surface area contributed by atoms with Gasteiger partial charge in [0.05, 0.1) is 6.04 Å². The number of aryl methyl sites for hydroxylation is 1. The monoisotopic (exact) mass is 420 g/mol. The summed E-state index contributed by atoms with van der Waals surface area (Å²) in [7, 11) is 1.87. The normalized spacial score (nSPS) is 22.7. The van der Waals surface area contributed by atoms with Gasteiger partial charge in [0, 0.05) is 24.7 Å². The predicted octanol–water partition coefficient (Wildman–Crippen LogP) is 4.61. The van der Waals surface area contributed by atoms with Gasteiger partial charge in [0.2, 0.25) is 0 Å². The molecule has 31 heavy (non-hydrogen) atoms. The summed E-state index contributed by atoms with van der Waals surface area (Å²) in [4.78, 5) is 29.5. The van der Waals surface area contributed by atoms with Crippen LogP contribution < -0.4 is 4.74 Å². The van der Waals surface area contributed by atoms with Gasteiger partial charge in [-0.2, -0.15) is 0 Å². The molecule has 0 aromatic heterocycles. The summed E-state index contributed by atoms with van der Waals surface area (Å²) in [5.74, 6) is 0.635. The van der Waals surface area contributed by atoms with Crippen molar-refractivity contribution in [1.29, 1.82) is 0 Å². The second-order valence-corrected chi connectivity index (χ2v) is 8.91. The maximum atomic E-state index is 13.0. The fraction of sp³-hybridized carbons (Fsp3) is 0.462. The summed E-state index contributed by atoms with van der Waals surface area (Å²) >= 11 is 0. The van der Waals surface area contributed by atoms with Gasteiger partial charge >= 0.3 is 0 Å². The molecular weight excluding hydrogens is 388 g/mol. The van der Waals surface area contributed by atoms with Crippen LogP contribution in [-0.4, -0.2) is 47.4 Å². The van der Waals surface area contributed by atoms with E-state index in [-0.39, 0.29) is 36.5 Å². The molecule has 1 aliphatic heterocycles. The number of carbonyl (C=O) groups is 2. The molecular formula is C26H32N2O3. The van der Waals surface area contributed by atoms with Crippen molar-refractivity contribution in [2.24, 2.45) is 0 Å². The Morgan fingerprint density at radius 2 is 1.68 bits per heavy atom. The van der Waals surface area contributed by atoms with E-state index in [1.54, 1.807) is 24.3 Å². The van der Waals surface area contributed by atoms with Crippen LogP contribution in [0.1, 0.15) is 67.1 Å². The summed E-state index contributed by atoms with van der Waals surface area (Å²) in [6.07, 6.45) is 5.23. The molecule has 5 heteroatoms. The molecule has 4 rings (SSSR count). The number of amides is 2. The lowest BCUT2D eigenvalue weighted by atomic mass is 9.97. The first-order valence-corrected chi connectivity index (χ1v) is 11.3. The van der Waals surface area contributed by atoms with E-state index in [9.17, 15) is 9.59 Å². The number of fused-ring (bicyclic) bond motifs is 1. The number of rotatable bonds is 5. The zero-order chi connectivity index (χ0) is 22.0. The van der Waals surface area contributed by atoms with Crippen LogP contribution >= 0.6 is 0 Å². The summed E-state index contributed by atoms with van der Waals surface area (Å²) < 4.78 is 5.74. The van der Waals surface area contributed by atoms with Crippen LogP contribution in [-0.2, 0) is 11.2 Å². The Morgan fingerprint density at radius 3 is 2.39 bits per heavy atom. The number of ether oxygens (including phenoxy) is 1. The maximum absolute atomic E-state index is 13.0. The highest BCUT2D eigenvalue weighted by Crippen LogP contribution is 2.35. The highest BCUT2D eigenvalue weighted by atomic mass is 16.5. The van der Waals surface area contributed by atoms with Gasteiger partial charge in [-0.1, -0.05) is 24.3 Å². The van der Waals surface area contributed by atoms with Gasteiger partial charge in [0.15, 0.2) is 6.61 Å². The molecule has 2 aromatic rings. The molecule has 0 saturated carbocycles. The Bertz CT molecular complexity index is 930. The Kier molecular flexibility index (Phi) is 6.30. The van der Waals surface area contributed by atoms with Crippen molar-refractivity contribution in [3.63, 3.8) is 0 Å². The minimum absolute atomic E-state index is 0.000274. The fourth-order valence-electron chi connectivity index (χ4n) is 5.11. The molecule has 0 spiro atoms. The van der Waals surface area contributed by atoms with Crippen molar-refractivity contribution >= 4 is 11.8 Å². The minimum Gasteiger partial charge on any atom is -0.484 e. The van der Waals surface area contributed by atoms with E-state index in [4.69, 9.17) is 4.74 Å². The third kappa shape index (κ3) is 4.46. The molecule has 0 N–H and O–H groups in total. The highest BCUT2D eigenvalue weighted by molar-refractivity contribution is 5.94. The molecule has 2 aromatic carbocycles. The lowest BCUT2D eigenvalue weighted by Crippen LogP contribution is -2.49. The Hall–Kier alpha value is -2.82. The number of nitrogens with zero attached hydrogens (tertiary/aromatic N) is 2. The fourth-order valence-corrected chi connectivity index (χ4v) is 5.11. The lowest BCUT2D eigenvalue weighted by Gasteiger charge is -2.38. The van der Waals surface area contributed by atoms with Crippen molar-refractivity contribution in [3.8, 4) is 5.75 Å². The quantitative estimate of drug-likeness (QED) is 0.710. The first-order chi connectivity index (χ1) is 15.0. The van der Waals surface area contributed by atoms with Crippen molar-refractivity contribution in [2.45, 2.75) is 64.1 Å². The van der Waals surface area contributed by atoms with Gasteiger partial charge in [0.25, 0.3) is 11.8 Å². The third-order valence-corrected chi connectivity index (χ3v) is 6.83. The molecule has 1 saturated heterocycles. The standard InChI is InChI=1S/C26H32N2O3/c1-18-7-6-8-19(2)28(18)25(29)17-31-22-14-11-21(12-15-22)26(30)27(3)24-16-13-20-9-4-5-10-23(20)24/h4-5,9-12,14-15,18-19,24H,6-8,13,16-17H2,1-3H3. The van der Waals surface area contributed by atoms with Gasteiger partial charge in [-0.05, 0) is 81.3 Å². The molecule has 0 radical (unpaired) electrons. The zero-order valence-corrected chi connectivity index (χ0v) is 18.7. The summed E-state index contributed by atoms with van der Waals surface area (Å²) in [5, 5.41) is 0. The van der Waals surface area contributed by atoms with E-state index in [2.05, 4.69) is 32.0 Å². The number of carbonyl (C=O) groups excluding carboxylic acids is 2. The molecule has 164 valence electrons. The summed E-state index contributed by atoms with van der Waals surface area (Å²) in [6, 6.07) is 16.1. The molecule has 1 aliphatic carbocycles. The van der Waals surface area contributed by atoms with Crippen LogP contribution in [0.25, 0.3) is 0 Å². The largest absolute Gasteiger partial charge is 0.484 e. The number of hydrogen-bond acceptors (Lipinski definition) is 3. The topological polar surface area (TPSA) is 49.9 Å². The molecule has 3 unspecified atom stereocenters. The molecule has 1 heterocycles. The van der Waals surface area contributed by atoms with E-state index < -0.39 is 0 Å². The number of hydrogen-bond donors (Lipinski definition) is 0. The van der Waals surface area contributed by atoms with Crippen molar-refractivity contribution in [3.05, 3.63) is 65.2 Å². The number of likely N-dealkylation sites (tertiary alicyclic amines) is 1. The van der Waals surface area contributed by atoms with Crippen LogP contribution in [0.4, 0.5) is 0 Å². The van der Waals surface area contributed by atoms with Crippen molar-refractivity contribution in [2.75, 3.05) is 13.7 Å². The molecule has 0 bridgehead atoms. The third-order valence-electron chi connectivity index (χ3n) is 6.83. The Labute approximate surface area is 185 Å². The molecule has 2 aliphatic rings. The van der Waals surface area contributed by atoms with E-state index in [1.807, 2.05) is 22.9 Å². The molecule has 2 amide bonds. The van der Waals surface area contributed by atoms with Crippen molar-refractivity contribution < 1.29 is 14.3 Å². The van der Waals surface area contributed by atoms with E-state index in [1.165, 1.54) is 17.5 Å². The summed E-state index contributed by atoms with van der Waals surface area (Å²) in [5.41, 5.74) is 3.21. The molecule has 3 atom stereocenters. The zero-order valence-electron chi connectivity index (χ0n) is 18.7. The van der Waals surface area contributed by atoms with E-state index >= 15 is 0 Å². The average Bonchev–Trinajstić information content (AvgIpc) is 3.21. The van der Waals surface area contributed by atoms with Crippen molar-refractivity contribution in [1.82, 2.24) is 9.80 Å². The second-order valence-electron chi connectivity index (χ2n) is 8.91. The number of benzene rings is 2. The van der Waals surface area contributed by atoms with E-state index in [0.717, 1.165) is 25.7 Å². The molecule has 5 nitrogen and oxygen atoms in total. The number of piperidine rings is 1. The van der Waals surface area contributed by atoms with Gasteiger partial charge in [-0.3, -0.25) is 9.59 Å². The highest BCUT2D eigenvalue weighted by Gasteiger charge is 2.30. The van der Waals surface area contributed by atoms with Gasteiger partial charge < -0.3 is 14.5 Å². The van der Waals surface area contributed by atoms with Crippen LogP contribution in [0.5, 0.6) is 5.75 Å². The second kappa shape index (κ2) is 9.13. The SMILES string of the molecule is CC1CCCC(C)N1C(=O)COc1ccc(C(=O)N(C)C2CCc3ccccc32)cc1. The maximum Gasteiger partial charge on any atom is 0.260 e. The van der Waals surface area contributed by atoms with Gasteiger partial charge in [0.1, 0.15) is 5.75 Å². The van der Waals surface area contributed by atoms with Crippen LogP contribution in [0.2, 0.25) is 0 Å². The van der Waals surface area contributed by atoms with Crippen LogP contribution in [0.3, 0.4) is 0 Å². The first kappa shape index (κ1) is 21.4. The van der Waals surface area contributed by atoms with Gasteiger partial charge in [-0.25, -0.2) is 0 Å². The first-order valence-electron chi connectivity index (χ1n) is 11.3. The smallest absolute Gasteiger partial charge is 0.260 e. The van der Waals surface area contributed by atoms with Crippen LogP contribution in [0, 0.1) is 0 Å². The van der Waals surface area contributed by atoms with Crippen LogP contribution in [0.15, 0.2) is 48.5 Å². The summed E-state index contributed by atoms with van der Waals surface area (Å²) in [6.45, 7) is 4.24. The van der Waals surface area contributed by atoms with Gasteiger partial charge in [-0.15, -0.1) is 0 Å². The lowest BCUT2D eigenvalue weighted by molar-refractivity contribution is -0.139. The predicted molar refractivity (Wildman–Crippen MR) is 121 cm³/mol. The van der Waals surface area contributed by atoms with E-state index in [0.29, 0.717) is 11.3 Å². The average molecular weight is 421 g/mol. The molecule has 1 fully saturated rings. The minimum atomic E-state index is 0.000274.